The summed E-state index contributed by atoms with van der Waals surface area (Å²) in [6.07, 6.45) is 10.6. The van der Waals surface area contributed by atoms with E-state index in [-0.39, 0.29) is 0 Å². The van der Waals surface area contributed by atoms with Gasteiger partial charge < -0.3 is 15.0 Å². The molecule has 0 bridgehead atoms. The Morgan fingerprint density at radius 2 is 2.24 bits per heavy atom. The third-order valence-electron chi connectivity index (χ3n) is 4.69. The first-order valence-electron chi connectivity index (χ1n) is 8.46. The molecule has 3 rings (SSSR count). The zero-order valence-electron chi connectivity index (χ0n) is 13.1. The number of rotatable bonds is 5. The van der Waals surface area contributed by atoms with Crippen molar-refractivity contribution in [3.63, 3.8) is 0 Å². The van der Waals surface area contributed by atoms with Crippen molar-refractivity contribution in [3.8, 4) is 0 Å². The number of aromatic nitrogens is 2. The molecule has 2 fully saturated rings. The maximum absolute atomic E-state index is 5.67. The van der Waals surface area contributed by atoms with E-state index < -0.39 is 0 Å². The second-order valence-electron chi connectivity index (χ2n) is 6.29. The van der Waals surface area contributed by atoms with Crippen LogP contribution < -0.4 is 5.32 Å². The van der Waals surface area contributed by atoms with E-state index in [0.717, 1.165) is 25.3 Å². The summed E-state index contributed by atoms with van der Waals surface area (Å²) in [6.45, 7) is 7.67. The molecule has 0 saturated carbocycles. The molecule has 1 aromatic rings. The van der Waals surface area contributed by atoms with Crippen LogP contribution in [0.3, 0.4) is 0 Å². The molecule has 2 atom stereocenters. The van der Waals surface area contributed by atoms with E-state index >= 15 is 0 Å². The summed E-state index contributed by atoms with van der Waals surface area (Å²) < 4.78 is 7.69. The van der Waals surface area contributed by atoms with Gasteiger partial charge in [-0.15, -0.1) is 0 Å². The Bertz CT molecular complexity index is 428. The van der Waals surface area contributed by atoms with Gasteiger partial charge in [-0.2, -0.15) is 5.10 Å². The highest BCUT2D eigenvalue weighted by atomic mass is 16.5. The quantitative estimate of drug-likeness (QED) is 0.904. The predicted octanol–water partition coefficient (Wildman–Crippen LogP) is 2.35. The zero-order valence-corrected chi connectivity index (χ0v) is 13.1. The van der Waals surface area contributed by atoms with Gasteiger partial charge in [-0.25, -0.2) is 0 Å². The molecule has 2 aliphatic heterocycles. The summed E-state index contributed by atoms with van der Waals surface area (Å²) in [6, 6.07) is 0.585. The molecule has 2 saturated heterocycles. The Labute approximate surface area is 127 Å². The van der Waals surface area contributed by atoms with E-state index in [1.165, 1.54) is 45.3 Å². The lowest BCUT2D eigenvalue weighted by atomic mass is 10.1. The summed E-state index contributed by atoms with van der Waals surface area (Å²) in [5.74, 6) is 0. The SMILES string of the molecule is CCN1CCCC(Nc2cnn(CC3CCCO3)c2)CC1. The maximum atomic E-state index is 5.67. The van der Waals surface area contributed by atoms with Crippen molar-refractivity contribution in [1.29, 1.82) is 0 Å². The van der Waals surface area contributed by atoms with Crippen molar-refractivity contribution in [1.82, 2.24) is 14.7 Å². The van der Waals surface area contributed by atoms with E-state index in [1.54, 1.807) is 0 Å². The molecule has 0 radical (unpaired) electrons. The highest BCUT2D eigenvalue weighted by Gasteiger charge is 2.18. The largest absolute Gasteiger partial charge is 0.380 e. The minimum absolute atomic E-state index is 0.355. The number of hydrogen-bond acceptors (Lipinski definition) is 4. The highest BCUT2D eigenvalue weighted by Crippen LogP contribution is 2.18. The van der Waals surface area contributed by atoms with Gasteiger partial charge in [0.2, 0.25) is 0 Å². The summed E-state index contributed by atoms with van der Waals surface area (Å²) in [5.41, 5.74) is 1.16. The number of nitrogens with one attached hydrogen (secondary N) is 1. The minimum atomic E-state index is 0.355. The topological polar surface area (TPSA) is 42.3 Å². The summed E-state index contributed by atoms with van der Waals surface area (Å²) >= 11 is 0. The minimum Gasteiger partial charge on any atom is -0.380 e. The maximum Gasteiger partial charge on any atom is 0.0771 e. The van der Waals surface area contributed by atoms with Crippen molar-refractivity contribution in [2.75, 3.05) is 31.6 Å². The van der Waals surface area contributed by atoms with Crippen LogP contribution in [-0.2, 0) is 11.3 Å². The number of hydrogen-bond donors (Lipinski definition) is 1. The number of ether oxygens (including phenoxy) is 1. The van der Waals surface area contributed by atoms with Gasteiger partial charge in [-0.05, 0) is 45.2 Å². The lowest BCUT2D eigenvalue weighted by Gasteiger charge is -2.18. The second-order valence-corrected chi connectivity index (χ2v) is 6.29. The molecule has 1 N–H and O–H groups in total. The fourth-order valence-electron chi connectivity index (χ4n) is 3.39. The van der Waals surface area contributed by atoms with Crippen molar-refractivity contribution >= 4 is 5.69 Å². The smallest absolute Gasteiger partial charge is 0.0771 e. The Hall–Kier alpha value is -1.07. The van der Waals surface area contributed by atoms with Crippen LogP contribution in [0.2, 0.25) is 0 Å². The number of likely N-dealkylation sites (tertiary alicyclic amines) is 1. The van der Waals surface area contributed by atoms with Crippen LogP contribution in [0.25, 0.3) is 0 Å². The van der Waals surface area contributed by atoms with Crippen molar-refractivity contribution in [3.05, 3.63) is 12.4 Å². The van der Waals surface area contributed by atoms with Gasteiger partial charge in [0.05, 0.1) is 24.5 Å². The van der Waals surface area contributed by atoms with Crippen LogP contribution in [0.4, 0.5) is 5.69 Å². The lowest BCUT2D eigenvalue weighted by Crippen LogP contribution is -2.26. The van der Waals surface area contributed by atoms with Crippen molar-refractivity contribution < 1.29 is 4.74 Å². The molecule has 1 aromatic heterocycles. The Balaban J connectivity index is 1.49. The van der Waals surface area contributed by atoms with Crippen molar-refractivity contribution in [2.45, 2.75) is 57.7 Å². The van der Waals surface area contributed by atoms with E-state index in [1.807, 2.05) is 10.9 Å². The summed E-state index contributed by atoms with van der Waals surface area (Å²) in [7, 11) is 0. The standard InChI is InChI=1S/C16H28N4O/c1-2-19-8-3-5-14(7-9-19)18-15-11-17-20(12-15)13-16-6-4-10-21-16/h11-12,14,16,18H,2-10,13H2,1H3. The van der Waals surface area contributed by atoms with E-state index in [0.29, 0.717) is 12.1 Å². The van der Waals surface area contributed by atoms with Crippen LogP contribution >= 0.6 is 0 Å². The van der Waals surface area contributed by atoms with Crippen LogP contribution in [0.5, 0.6) is 0 Å². The molecule has 0 amide bonds. The van der Waals surface area contributed by atoms with Crippen molar-refractivity contribution in [2.24, 2.45) is 0 Å². The van der Waals surface area contributed by atoms with E-state index in [4.69, 9.17) is 4.74 Å². The zero-order chi connectivity index (χ0) is 14.5. The molecule has 21 heavy (non-hydrogen) atoms. The first-order chi connectivity index (χ1) is 10.3. The van der Waals surface area contributed by atoms with Gasteiger partial charge in [0.25, 0.3) is 0 Å². The first kappa shape index (κ1) is 14.9. The molecule has 2 aliphatic rings. The molecular formula is C16H28N4O. The van der Waals surface area contributed by atoms with E-state index in [2.05, 4.69) is 28.4 Å². The first-order valence-corrected chi connectivity index (χ1v) is 8.46. The van der Waals surface area contributed by atoms with Crippen LogP contribution in [0.1, 0.15) is 39.0 Å². The third-order valence-corrected chi connectivity index (χ3v) is 4.69. The molecule has 0 aromatic carbocycles. The van der Waals surface area contributed by atoms with Gasteiger partial charge in [0.15, 0.2) is 0 Å². The second kappa shape index (κ2) is 7.27. The molecule has 0 aliphatic carbocycles. The lowest BCUT2D eigenvalue weighted by molar-refractivity contribution is 0.0940. The average Bonchev–Trinajstić information content (AvgIpc) is 3.09. The predicted molar refractivity (Wildman–Crippen MR) is 84.6 cm³/mol. The fraction of sp³-hybridized carbons (Fsp3) is 0.812. The molecular weight excluding hydrogens is 264 g/mol. The molecule has 0 spiro atoms. The molecule has 3 heterocycles. The monoisotopic (exact) mass is 292 g/mol. The normalized spacial score (nSPS) is 27.7. The highest BCUT2D eigenvalue weighted by molar-refractivity contribution is 5.39. The van der Waals surface area contributed by atoms with Gasteiger partial charge in [-0.3, -0.25) is 4.68 Å². The Morgan fingerprint density at radius 3 is 3.05 bits per heavy atom. The van der Waals surface area contributed by atoms with Gasteiger partial charge >= 0.3 is 0 Å². The van der Waals surface area contributed by atoms with Gasteiger partial charge in [-0.1, -0.05) is 6.92 Å². The Kier molecular flexibility index (Phi) is 5.14. The molecule has 5 heteroatoms. The number of nitrogens with zero attached hydrogens (tertiary/aromatic N) is 3. The third kappa shape index (κ3) is 4.20. The van der Waals surface area contributed by atoms with Gasteiger partial charge in [0, 0.05) is 25.4 Å². The fourth-order valence-corrected chi connectivity index (χ4v) is 3.39. The molecule has 2 unspecified atom stereocenters. The van der Waals surface area contributed by atoms with Gasteiger partial charge in [0.1, 0.15) is 0 Å². The number of anilines is 1. The van der Waals surface area contributed by atoms with Crippen LogP contribution in [-0.4, -0.2) is 53.1 Å². The van der Waals surface area contributed by atoms with Crippen LogP contribution in [0, 0.1) is 0 Å². The summed E-state index contributed by atoms with van der Waals surface area (Å²) in [5, 5.41) is 8.12. The Morgan fingerprint density at radius 1 is 1.29 bits per heavy atom. The van der Waals surface area contributed by atoms with Crippen LogP contribution in [0.15, 0.2) is 12.4 Å². The summed E-state index contributed by atoms with van der Waals surface area (Å²) in [4.78, 5) is 2.54. The average molecular weight is 292 g/mol. The molecule has 5 nitrogen and oxygen atoms in total. The van der Waals surface area contributed by atoms with E-state index in [9.17, 15) is 0 Å². The molecule has 118 valence electrons.